The van der Waals surface area contributed by atoms with Crippen LogP contribution in [0.3, 0.4) is 0 Å². The van der Waals surface area contributed by atoms with Gasteiger partial charge < -0.3 is 11.1 Å². The van der Waals surface area contributed by atoms with Crippen LogP contribution < -0.4 is 11.1 Å². The molecular weight excluding hydrogens is 228 g/mol. The molecule has 1 unspecified atom stereocenters. The van der Waals surface area contributed by atoms with Crippen molar-refractivity contribution in [2.24, 2.45) is 0 Å². The minimum absolute atomic E-state index is 0.163. The van der Waals surface area contributed by atoms with Gasteiger partial charge in [-0.15, -0.1) is 0 Å². The predicted molar refractivity (Wildman–Crippen MR) is 68.2 cm³/mol. The molecule has 1 aromatic carbocycles. The molecule has 1 amide bonds. The van der Waals surface area contributed by atoms with Crippen molar-refractivity contribution in [3.8, 4) is 0 Å². The molecule has 2 aromatic rings. The van der Waals surface area contributed by atoms with Crippen LogP contribution in [0.1, 0.15) is 27.5 Å². The van der Waals surface area contributed by atoms with Crippen molar-refractivity contribution in [2.45, 2.75) is 12.3 Å². The van der Waals surface area contributed by atoms with Gasteiger partial charge >= 0.3 is 0 Å². The van der Waals surface area contributed by atoms with Crippen LogP contribution >= 0.6 is 0 Å². The van der Waals surface area contributed by atoms with Crippen molar-refractivity contribution in [2.75, 3.05) is 12.3 Å². The fraction of sp³-hybridized carbons (Fsp3) is 0.231. The van der Waals surface area contributed by atoms with Crippen LogP contribution in [0.5, 0.6) is 0 Å². The molecule has 4 N–H and O–H groups in total. The number of nitrogens with two attached hydrogens (primary N) is 1. The molecule has 1 aliphatic carbocycles. The summed E-state index contributed by atoms with van der Waals surface area (Å²) in [6.45, 7) is 0.648. The molecular formula is C13H14N4O. The highest BCUT2D eigenvalue weighted by Crippen LogP contribution is 2.33. The Kier molecular flexibility index (Phi) is 2.51. The van der Waals surface area contributed by atoms with Crippen LogP contribution in [-0.4, -0.2) is 22.6 Å². The number of carbonyl (C=O) groups is 1. The number of aromatic amines is 1. The van der Waals surface area contributed by atoms with E-state index in [0.29, 0.717) is 24.0 Å². The monoisotopic (exact) mass is 242 g/mol. The molecule has 1 atom stereocenters. The number of hydrogen-bond acceptors (Lipinski definition) is 3. The third kappa shape index (κ3) is 1.84. The van der Waals surface area contributed by atoms with Crippen molar-refractivity contribution in [1.29, 1.82) is 0 Å². The Bertz CT molecular complexity index is 590. The van der Waals surface area contributed by atoms with E-state index in [-0.39, 0.29) is 5.91 Å². The summed E-state index contributed by atoms with van der Waals surface area (Å²) in [5, 5.41) is 9.21. The molecule has 5 nitrogen and oxygen atoms in total. The summed E-state index contributed by atoms with van der Waals surface area (Å²) >= 11 is 0. The minimum atomic E-state index is -0.163. The van der Waals surface area contributed by atoms with Gasteiger partial charge in [-0.2, -0.15) is 5.10 Å². The average Bonchev–Trinajstić information content (AvgIpc) is 2.77. The van der Waals surface area contributed by atoms with Gasteiger partial charge in [-0.3, -0.25) is 9.89 Å². The highest BCUT2D eigenvalue weighted by atomic mass is 16.1. The first-order valence-electron chi connectivity index (χ1n) is 5.91. The van der Waals surface area contributed by atoms with Gasteiger partial charge in [0.05, 0.1) is 0 Å². The highest BCUT2D eigenvalue weighted by Gasteiger charge is 2.25. The third-order valence-electron chi connectivity index (χ3n) is 3.31. The fourth-order valence-electron chi connectivity index (χ4n) is 2.31. The van der Waals surface area contributed by atoms with Crippen molar-refractivity contribution in [1.82, 2.24) is 15.5 Å². The van der Waals surface area contributed by atoms with E-state index in [2.05, 4.69) is 27.6 Å². The molecule has 5 heteroatoms. The number of hydrogen-bond donors (Lipinski definition) is 3. The van der Waals surface area contributed by atoms with E-state index >= 15 is 0 Å². The lowest BCUT2D eigenvalue weighted by Crippen LogP contribution is -2.33. The standard InChI is InChI=1S/C13H14N4O/c14-12-6-11(16-17-12)13(18)15-7-9-5-8-3-1-2-4-10(8)9/h1-4,6,9H,5,7H2,(H,15,18)(H3,14,16,17). The van der Waals surface area contributed by atoms with Crippen LogP contribution in [0.2, 0.25) is 0 Å². The molecule has 0 saturated carbocycles. The zero-order valence-corrected chi connectivity index (χ0v) is 9.81. The normalized spacial score (nSPS) is 16.8. The molecule has 92 valence electrons. The first-order chi connectivity index (χ1) is 8.74. The molecule has 3 rings (SSSR count). The molecule has 0 bridgehead atoms. The van der Waals surface area contributed by atoms with Gasteiger partial charge in [-0.05, 0) is 17.5 Å². The lowest BCUT2D eigenvalue weighted by atomic mass is 9.77. The molecule has 18 heavy (non-hydrogen) atoms. The first kappa shape index (κ1) is 10.8. The van der Waals surface area contributed by atoms with Gasteiger partial charge in [0.1, 0.15) is 11.5 Å². The topological polar surface area (TPSA) is 83.8 Å². The summed E-state index contributed by atoms with van der Waals surface area (Å²) in [6.07, 6.45) is 1.03. The number of nitrogens with zero attached hydrogens (tertiary/aromatic N) is 1. The van der Waals surface area contributed by atoms with Crippen LogP contribution in [-0.2, 0) is 6.42 Å². The number of anilines is 1. The van der Waals surface area contributed by atoms with E-state index < -0.39 is 0 Å². The van der Waals surface area contributed by atoms with Gasteiger partial charge in [0.2, 0.25) is 0 Å². The maximum Gasteiger partial charge on any atom is 0.269 e. The lowest BCUT2D eigenvalue weighted by Gasteiger charge is -2.30. The van der Waals surface area contributed by atoms with E-state index in [1.165, 1.54) is 17.2 Å². The van der Waals surface area contributed by atoms with Crippen LogP contribution in [0.4, 0.5) is 5.82 Å². The van der Waals surface area contributed by atoms with E-state index in [4.69, 9.17) is 5.73 Å². The van der Waals surface area contributed by atoms with Crippen molar-refractivity contribution in [3.63, 3.8) is 0 Å². The molecule has 0 spiro atoms. The summed E-state index contributed by atoms with van der Waals surface area (Å²) < 4.78 is 0. The summed E-state index contributed by atoms with van der Waals surface area (Å²) in [5.74, 6) is 0.586. The maximum atomic E-state index is 11.8. The second-order valence-corrected chi connectivity index (χ2v) is 4.52. The fourth-order valence-corrected chi connectivity index (χ4v) is 2.31. The zero-order valence-electron chi connectivity index (χ0n) is 9.81. The van der Waals surface area contributed by atoms with Gasteiger partial charge in [-0.25, -0.2) is 0 Å². The predicted octanol–water partition coefficient (Wildman–Crippen LogP) is 1.06. The number of amides is 1. The number of rotatable bonds is 3. The van der Waals surface area contributed by atoms with E-state index in [1.54, 1.807) is 0 Å². The van der Waals surface area contributed by atoms with Gasteiger partial charge in [0, 0.05) is 18.5 Å². The third-order valence-corrected chi connectivity index (χ3v) is 3.31. The molecule has 1 heterocycles. The SMILES string of the molecule is Nc1cc(C(=O)NCC2Cc3ccccc32)[nH]n1. The zero-order chi connectivity index (χ0) is 12.5. The summed E-state index contributed by atoms with van der Waals surface area (Å²) in [5.41, 5.74) is 8.57. The Morgan fingerprint density at radius 3 is 3.06 bits per heavy atom. The van der Waals surface area contributed by atoms with Crippen LogP contribution in [0.15, 0.2) is 30.3 Å². The molecule has 0 aliphatic heterocycles. The molecule has 0 fully saturated rings. The Labute approximate surface area is 104 Å². The molecule has 0 saturated heterocycles. The van der Waals surface area contributed by atoms with E-state index in [1.807, 2.05) is 12.1 Å². The maximum absolute atomic E-state index is 11.8. The average molecular weight is 242 g/mol. The second kappa shape index (κ2) is 4.18. The Morgan fingerprint density at radius 2 is 2.33 bits per heavy atom. The Morgan fingerprint density at radius 1 is 1.50 bits per heavy atom. The van der Waals surface area contributed by atoms with Crippen molar-refractivity contribution in [3.05, 3.63) is 47.2 Å². The summed E-state index contributed by atoms with van der Waals surface area (Å²) in [4.78, 5) is 11.8. The first-order valence-corrected chi connectivity index (χ1v) is 5.91. The minimum Gasteiger partial charge on any atom is -0.382 e. The largest absolute Gasteiger partial charge is 0.382 e. The quantitative estimate of drug-likeness (QED) is 0.752. The second-order valence-electron chi connectivity index (χ2n) is 4.52. The number of aromatic nitrogens is 2. The summed E-state index contributed by atoms with van der Waals surface area (Å²) in [6, 6.07) is 9.85. The molecule has 1 aliphatic rings. The van der Waals surface area contributed by atoms with Crippen LogP contribution in [0.25, 0.3) is 0 Å². The van der Waals surface area contributed by atoms with Gasteiger partial charge in [0.15, 0.2) is 0 Å². The number of nitrogen functional groups attached to an aromatic ring is 1. The van der Waals surface area contributed by atoms with Crippen molar-refractivity contribution >= 4 is 11.7 Å². The smallest absolute Gasteiger partial charge is 0.269 e. The highest BCUT2D eigenvalue weighted by molar-refractivity contribution is 5.92. The molecule has 0 radical (unpaired) electrons. The van der Waals surface area contributed by atoms with E-state index in [9.17, 15) is 4.79 Å². The number of benzene rings is 1. The Balaban J connectivity index is 1.59. The Hall–Kier alpha value is -2.30. The van der Waals surface area contributed by atoms with Gasteiger partial charge in [0.25, 0.3) is 5.91 Å². The number of fused-ring (bicyclic) bond motifs is 1. The summed E-state index contributed by atoms with van der Waals surface area (Å²) in [7, 11) is 0. The number of nitrogens with one attached hydrogen (secondary N) is 2. The number of H-pyrrole nitrogens is 1. The van der Waals surface area contributed by atoms with Gasteiger partial charge in [-0.1, -0.05) is 24.3 Å². The number of carbonyl (C=O) groups excluding carboxylic acids is 1. The van der Waals surface area contributed by atoms with Crippen molar-refractivity contribution < 1.29 is 4.79 Å². The van der Waals surface area contributed by atoms with E-state index in [0.717, 1.165) is 6.42 Å². The van der Waals surface area contributed by atoms with Crippen LogP contribution in [0, 0.1) is 0 Å². The lowest BCUT2D eigenvalue weighted by molar-refractivity contribution is 0.0945. The molecule has 1 aromatic heterocycles.